The quantitative estimate of drug-likeness (QED) is 0.867. The molecule has 0 N–H and O–H groups in total. The predicted octanol–water partition coefficient (Wildman–Crippen LogP) is 2.83. The number of ether oxygens (including phenoxy) is 1. The Morgan fingerprint density at radius 1 is 1.08 bits per heavy atom. The van der Waals surface area contributed by atoms with Crippen molar-refractivity contribution in [3.8, 4) is 5.75 Å². The van der Waals surface area contributed by atoms with E-state index in [2.05, 4.69) is 9.88 Å². The molecule has 0 atom stereocenters. The lowest BCUT2D eigenvalue weighted by molar-refractivity contribution is 0.0745. The highest BCUT2D eigenvalue weighted by atomic mass is 16.5. The second-order valence-electron chi connectivity index (χ2n) is 6.16. The average molecular weight is 325 g/mol. The highest BCUT2D eigenvalue weighted by Crippen LogP contribution is 2.18. The summed E-state index contributed by atoms with van der Waals surface area (Å²) in [4.78, 5) is 21.2. The Labute approximate surface area is 142 Å². The fraction of sp³-hybridized carbons (Fsp3) is 0.368. The second kappa shape index (κ2) is 7.34. The van der Waals surface area contributed by atoms with Crippen LogP contribution in [0.4, 0.5) is 5.82 Å². The van der Waals surface area contributed by atoms with Gasteiger partial charge in [0.05, 0.1) is 6.10 Å². The number of aromatic nitrogens is 1. The van der Waals surface area contributed by atoms with Gasteiger partial charge >= 0.3 is 0 Å². The molecule has 2 heterocycles. The first-order chi connectivity index (χ1) is 11.6. The Morgan fingerprint density at radius 2 is 1.88 bits per heavy atom. The van der Waals surface area contributed by atoms with Crippen molar-refractivity contribution in [2.75, 3.05) is 31.1 Å². The molecule has 0 radical (unpaired) electrons. The topological polar surface area (TPSA) is 45.7 Å². The molecule has 126 valence electrons. The number of anilines is 1. The number of carbonyl (C=O) groups excluding carboxylic acids is 1. The van der Waals surface area contributed by atoms with E-state index in [9.17, 15) is 4.79 Å². The molecule has 24 heavy (non-hydrogen) atoms. The van der Waals surface area contributed by atoms with E-state index in [0.29, 0.717) is 18.7 Å². The molecule has 0 saturated carbocycles. The van der Waals surface area contributed by atoms with E-state index in [4.69, 9.17) is 4.74 Å². The van der Waals surface area contributed by atoms with Gasteiger partial charge in [-0.1, -0.05) is 12.1 Å². The summed E-state index contributed by atoms with van der Waals surface area (Å²) >= 11 is 0. The van der Waals surface area contributed by atoms with Gasteiger partial charge in [0.1, 0.15) is 11.6 Å². The summed E-state index contributed by atoms with van der Waals surface area (Å²) in [5, 5.41) is 0. The number of rotatable bonds is 4. The van der Waals surface area contributed by atoms with Gasteiger partial charge in [-0.3, -0.25) is 4.79 Å². The Hall–Kier alpha value is -2.56. The van der Waals surface area contributed by atoms with Crippen molar-refractivity contribution >= 4 is 11.7 Å². The van der Waals surface area contributed by atoms with Crippen LogP contribution in [0, 0.1) is 0 Å². The summed E-state index contributed by atoms with van der Waals surface area (Å²) < 4.78 is 5.68. The van der Waals surface area contributed by atoms with Crippen molar-refractivity contribution in [3.05, 3.63) is 54.2 Å². The smallest absolute Gasteiger partial charge is 0.254 e. The molecule has 1 aliphatic heterocycles. The highest BCUT2D eigenvalue weighted by molar-refractivity contribution is 5.94. The van der Waals surface area contributed by atoms with E-state index in [-0.39, 0.29) is 12.0 Å². The third-order valence-electron chi connectivity index (χ3n) is 3.99. The molecule has 1 aromatic heterocycles. The zero-order valence-electron chi connectivity index (χ0n) is 14.2. The molecule has 5 heteroatoms. The number of benzene rings is 1. The summed E-state index contributed by atoms with van der Waals surface area (Å²) in [5.74, 6) is 1.77. The van der Waals surface area contributed by atoms with Gasteiger partial charge in [0.2, 0.25) is 0 Å². The van der Waals surface area contributed by atoms with Crippen LogP contribution in [-0.4, -0.2) is 48.1 Å². The molecule has 0 unspecified atom stereocenters. The number of hydrogen-bond acceptors (Lipinski definition) is 4. The van der Waals surface area contributed by atoms with Gasteiger partial charge < -0.3 is 14.5 Å². The van der Waals surface area contributed by atoms with Crippen molar-refractivity contribution in [3.63, 3.8) is 0 Å². The van der Waals surface area contributed by atoms with Crippen LogP contribution < -0.4 is 9.64 Å². The molecule has 1 saturated heterocycles. The monoisotopic (exact) mass is 325 g/mol. The van der Waals surface area contributed by atoms with Crippen LogP contribution in [-0.2, 0) is 0 Å². The molecule has 3 rings (SSSR count). The van der Waals surface area contributed by atoms with Crippen LogP contribution in [0.3, 0.4) is 0 Å². The maximum atomic E-state index is 12.7. The molecular formula is C19H23N3O2. The summed E-state index contributed by atoms with van der Waals surface area (Å²) in [6.07, 6.45) is 1.89. The number of hydrogen-bond donors (Lipinski definition) is 0. The lowest BCUT2D eigenvalue weighted by atomic mass is 10.1. The fourth-order valence-electron chi connectivity index (χ4n) is 2.84. The molecule has 1 aliphatic rings. The SMILES string of the molecule is CC(C)Oc1cccc(C(=O)N2CCN(c3ccccn3)CC2)c1. The van der Waals surface area contributed by atoms with E-state index in [1.165, 1.54) is 0 Å². The minimum absolute atomic E-state index is 0.0601. The Morgan fingerprint density at radius 3 is 2.54 bits per heavy atom. The van der Waals surface area contributed by atoms with Crippen molar-refractivity contribution in [1.82, 2.24) is 9.88 Å². The second-order valence-corrected chi connectivity index (χ2v) is 6.16. The average Bonchev–Trinajstić information content (AvgIpc) is 2.62. The maximum absolute atomic E-state index is 12.7. The molecule has 0 spiro atoms. The standard InChI is InChI=1S/C19H23N3O2/c1-15(2)24-17-7-5-6-16(14-17)19(23)22-12-10-21(11-13-22)18-8-3-4-9-20-18/h3-9,14-15H,10-13H2,1-2H3. The normalized spacial score (nSPS) is 14.8. The summed E-state index contributed by atoms with van der Waals surface area (Å²) in [7, 11) is 0. The highest BCUT2D eigenvalue weighted by Gasteiger charge is 2.23. The van der Waals surface area contributed by atoms with Gasteiger partial charge in [0, 0.05) is 37.9 Å². The molecule has 1 aromatic carbocycles. The van der Waals surface area contributed by atoms with E-state index >= 15 is 0 Å². The molecule has 2 aromatic rings. The van der Waals surface area contributed by atoms with Crippen molar-refractivity contribution < 1.29 is 9.53 Å². The first-order valence-corrected chi connectivity index (χ1v) is 8.35. The van der Waals surface area contributed by atoms with Crippen LogP contribution >= 0.6 is 0 Å². The minimum atomic E-state index is 0.0601. The van der Waals surface area contributed by atoms with Crippen LogP contribution in [0.2, 0.25) is 0 Å². The Balaban J connectivity index is 1.63. The van der Waals surface area contributed by atoms with Crippen LogP contribution in [0.15, 0.2) is 48.7 Å². The molecule has 1 fully saturated rings. The van der Waals surface area contributed by atoms with E-state index in [0.717, 1.165) is 24.7 Å². The lowest BCUT2D eigenvalue weighted by Crippen LogP contribution is -2.49. The van der Waals surface area contributed by atoms with Gasteiger partial charge in [-0.25, -0.2) is 4.98 Å². The zero-order chi connectivity index (χ0) is 16.9. The minimum Gasteiger partial charge on any atom is -0.491 e. The third-order valence-corrected chi connectivity index (χ3v) is 3.99. The van der Waals surface area contributed by atoms with Gasteiger partial charge in [-0.2, -0.15) is 0 Å². The number of pyridine rings is 1. The van der Waals surface area contributed by atoms with Crippen molar-refractivity contribution in [2.45, 2.75) is 20.0 Å². The van der Waals surface area contributed by atoms with E-state index in [1.54, 1.807) is 6.20 Å². The van der Waals surface area contributed by atoms with Gasteiger partial charge in [0.25, 0.3) is 5.91 Å². The molecular weight excluding hydrogens is 302 g/mol. The van der Waals surface area contributed by atoms with Gasteiger partial charge in [-0.05, 0) is 44.2 Å². The number of amides is 1. The Kier molecular flexibility index (Phi) is 4.99. The fourth-order valence-corrected chi connectivity index (χ4v) is 2.84. The lowest BCUT2D eigenvalue weighted by Gasteiger charge is -2.35. The number of piperazine rings is 1. The summed E-state index contributed by atoms with van der Waals surface area (Å²) in [6.45, 7) is 6.95. The number of nitrogens with zero attached hydrogens (tertiary/aromatic N) is 3. The predicted molar refractivity (Wildman–Crippen MR) is 94.6 cm³/mol. The zero-order valence-corrected chi connectivity index (χ0v) is 14.2. The van der Waals surface area contributed by atoms with E-state index < -0.39 is 0 Å². The van der Waals surface area contributed by atoms with Gasteiger partial charge in [-0.15, -0.1) is 0 Å². The largest absolute Gasteiger partial charge is 0.491 e. The van der Waals surface area contributed by atoms with Crippen molar-refractivity contribution in [2.24, 2.45) is 0 Å². The van der Waals surface area contributed by atoms with Gasteiger partial charge in [0.15, 0.2) is 0 Å². The van der Waals surface area contributed by atoms with Crippen LogP contribution in [0.5, 0.6) is 5.75 Å². The molecule has 0 aliphatic carbocycles. The maximum Gasteiger partial charge on any atom is 0.254 e. The molecule has 0 bridgehead atoms. The Bertz CT molecular complexity index is 680. The van der Waals surface area contributed by atoms with Crippen LogP contribution in [0.1, 0.15) is 24.2 Å². The first kappa shape index (κ1) is 16.3. The number of carbonyl (C=O) groups is 1. The van der Waals surface area contributed by atoms with E-state index in [1.807, 2.05) is 61.2 Å². The summed E-state index contributed by atoms with van der Waals surface area (Å²) in [6, 6.07) is 13.3. The van der Waals surface area contributed by atoms with Crippen molar-refractivity contribution in [1.29, 1.82) is 0 Å². The summed E-state index contributed by atoms with van der Waals surface area (Å²) in [5.41, 5.74) is 0.680. The molecule has 1 amide bonds. The molecule has 5 nitrogen and oxygen atoms in total. The third kappa shape index (κ3) is 3.85. The van der Waals surface area contributed by atoms with Crippen LogP contribution in [0.25, 0.3) is 0 Å². The first-order valence-electron chi connectivity index (χ1n) is 8.35.